The van der Waals surface area contributed by atoms with Gasteiger partial charge in [0.15, 0.2) is 11.5 Å². The van der Waals surface area contributed by atoms with E-state index in [1.807, 2.05) is 30.3 Å². The van der Waals surface area contributed by atoms with Gasteiger partial charge in [-0.3, -0.25) is 9.59 Å². The fourth-order valence-corrected chi connectivity index (χ4v) is 4.35. The molecule has 0 spiro atoms. The molecular weight excluding hydrogens is 464 g/mol. The Hall–Kier alpha value is -4.87. The number of hydrogen-bond acceptors (Lipinski definition) is 9. The minimum Gasteiger partial charge on any atom is -0.454 e. The molecular formula is C24H20N8O4. The second-order valence-electron chi connectivity index (χ2n) is 8.37. The fourth-order valence-electron chi connectivity index (χ4n) is 4.35. The van der Waals surface area contributed by atoms with E-state index in [2.05, 4.69) is 41.2 Å². The predicted octanol–water partition coefficient (Wildman–Crippen LogP) is 1.73. The summed E-state index contributed by atoms with van der Waals surface area (Å²) in [6, 6.07) is 12.6. The fraction of sp³-hybridized carbons (Fsp3) is 0.208. The molecule has 2 amide bonds. The number of aromatic amines is 1. The molecule has 0 fully saturated rings. The Morgan fingerprint density at radius 2 is 1.86 bits per heavy atom. The first-order chi connectivity index (χ1) is 17.6. The molecule has 0 unspecified atom stereocenters. The number of aromatic nitrogens is 6. The average Bonchev–Trinajstić information content (AvgIpc) is 3.68. The number of hydrogen-bond donors (Lipinski definition) is 3. The summed E-state index contributed by atoms with van der Waals surface area (Å²) < 4.78 is 10.7. The van der Waals surface area contributed by atoms with Crippen LogP contribution < -0.4 is 20.1 Å². The maximum Gasteiger partial charge on any atom is 0.270 e. The van der Waals surface area contributed by atoms with Crippen LogP contribution in [-0.2, 0) is 13.0 Å². The van der Waals surface area contributed by atoms with E-state index in [0.29, 0.717) is 17.3 Å². The van der Waals surface area contributed by atoms with E-state index in [1.54, 1.807) is 6.07 Å². The van der Waals surface area contributed by atoms with Crippen LogP contribution in [0.1, 0.15) is 50.1 Å². The normalized spacial score (nSPS) is 15.4. The highest BCUT2D eigenvalue weighted by molar-refractivity contribution is 5.97. The minimum atomic E-state index is -0.413. The Bertz CT molecular complexity index is 1460. The van der Waals surface area contributed by atoms with Crippen LogP contribution in [0.15, 0.2) is 48.8 Å². The lowest BCUT2D eigenvalue weighted by Gasteiger charge is -2.14. The largest absolute Gasteiger partial charge is 0.454 e. The van der Waals surface area contributed by atoms with E-state index in [9.17, 15) is 9.59 Å². The van der Waals surface area contributed by atoms with E-state index >= 15 is 0 Å². The van der Waals surface area contributed by atoms with Crippen molar-refractivity contribution in [2.24, 2.45) is 0 Å². The number of nitrogens with one attached hydrogen (secondary N) is 3. The third-order valence-electron chi connectivity index (χ3n) is 6.15. The van der Waals surface area contributed by atoms with Gasteiger partial charge in [-0.05, 0) is 52.9 Å². The van der Waals surface area contributed by atoms with E-state index < -0.39 is 5.91 Å². The number of rotatable bonds is 6. The molecule has 0 bridgehead atoms. The van der Waals surface area contributed by atoms with Crippen molar-refractivity contribution in [2.75, 3.05) is 6.79 Å². The van der Waals surface area contributed by atoms with Crippen molar-refractivity contribution in [3.8, 4) is 22.9 Å². The Balaban J connectivity index is 1.10. The highest BCUT2D eigenvalue weighted by Crippen LogP contribution is 2.34. The number of tetrazole rings is 1. The van der Waals surface area contributed by atoms with Crippen LogP contribution in [0.25, 0.3) is 11.4 Å². The molecule has 2 aliphatic rings. The van der Waals surface area contributed by atoms with Crippen LogP contribution in [-0.4, -0.2) is 49.2 Å². The summed E-state index contributed by atoms with van der Waals surface area (Å²) in [6.45, 7) is 0.455. The van der Waals surface area contributed by atoms with Gasteiger partial charge in [0.2, 0.25) is 12.6 Å². The van der Waals surface area contributed by atoms with Crippen molar-refractivity contribution < 1.29 is 19.1 Å². The van der Waals surface area contributed by atoms with Crippen LogP contribution in [0.4, 0.5) is 0 Å². The minimum absolute atomic E-state index is 0.104. The second kappa shape index (κ2) is 9.06. The number of carbonyl (C=O) groups is 2. The lowest BCUT2D eigenvalue weighted by molar-refractivity contribution is 0.0931. The van der Waals surface area contributed by atoms with Crippen molar-refractivity contribution in [2.45, 2.75) is 25.4 Å². The van der Waals surface area contributed by atoms with E-state index in [1.165, 1.54) is 12.4 Å². The molecule has 0 saturated heterocycles. The van der Waals surface area contributed by atoms with Gasteiger partial charge in [-0.1, -0.05) is 18.2 Å². The maximum atomic E-state index is 12.9. The van der Waals surface area contributed by atoms with E-state index in [0.717, 1.165) is 35.1 Å². The standard InChI is InChI=1S/C24H20N8O4/c33-23(25-10-13-1-6-20-21(7-13)36-12-35-20)18-9-19(27-11-26-18)24(34)28-17-5-3-14-8-15(2-4-16(14)17)22-29-31-32-30-22/h1-2,4,6-9,11,17H,3,5,10,12H2,(H,25,33)(H,28,34)(H,29,30,31,32)/t17-/m1/s1. The van der Waals surface area contributed by atoms with Gasteiger partial charge in [0.1, 0.15) is 17.7 Å². The zero-order chi connectivity index (χ0) is 24.5. The lowest BCUT2D eigenvalue weighted by Crippen LogP contribution is -2.29. The molecule has 12 heteroatoms. The molecule has 6 rings (SSSR count). The van der Waals surface area contributed by atoms with Gasteiger partial charge in [0.25, 0.3) is 11.8 Å². The van der Waals surface area contributed by atoms with Crippen molar-refractivity contribution in [3.63, 3.8) is 0 Å². The summed E-state index contributed by atoms with van der Waals surface area (Å²) in [4.78, 5) is 33.7. The van der Waals surface area contributed by atoms with Crippen LogP contribution in [0, 0.1) is 0 Å². The Morgan fingerprint density at radius 3 is 2.72 bits per heavy atom. The topological polar surface area (TPSA) is 157 Å². The van der Waals surface area contributed by atoms with Gasteiger partial charge >= 0.3 is 0 Å². The first kappa shape index (κ1) is 21.6. The molecule has 4 aromatic rings. The van der Waals surface area contributed by atoms with E-state index in [-0.39, 0.29) is 36.7 Å². The molecule has 36 heavy (non-hydrogen) atoms. The number of fused-ring (bicyclic) bond motifs is 2. The van der Waals surface area contributed by atoms with Gasteiger partial charge in [-0.25, -0.2) is 9.97 Å². The number of carbonyl (C=O) groups excluding carboxylic acids is 2. The van der Waals surface area contributed by atoms with Crippen molar-refractivity contribution >= 4 is 11.8 Å². The Morgan fingerprint density at radius 1 is 1.00 bits per heavy atom. The highest BCUT2D eigenvalue weighted by atomic mass is 16.7. The number of benzene rings is 2. The van der Waals surface area contributed by atoms with Gasteiger partial charge in [0, 0.05) is 18.2 Å². The molecule has 3 N–H and O–H groups in total. The summed E-state index contributed by atoms with van der Waals surface area (Å²) in [5, 5.41) is 19.9. The molecule has 0 saturated carbocycles. The molecule has 180 valence electrons. The molecule has 2 aromatic carbocycles. The maximum absolute atomic E-state index is 12.9. The zero-order valence-corrected chi connectivity index (χ0v) is 18.9. The molecule has 1 aliphatic carbocycles. The molecule has 1 aliphatic heterocycles. The lowest BCUT2D eigenvalue weighted by atomic mass is 10.0. The van der Waals surface area contributed by atoms with Crippen molar-refractivity contribution in [1.82, 2.24) is 41.2 Å². The predicted molar refractivity (Wildman–Crippen MR) is 124 cm³/mol. The van der Waals surface area contributed by atoms with Crippen molar-refractivity contribution in [1.29, 1.82) is 0 Å². The summed E-state index contributed by atoms with van der Waals surface area (Å²) in [5.41, 5.74) is 4.09. The third kappa shape index (κ3) is 4.19. The third-order valence-corrected chi connectivity index (χ3v) is 6.15. The Labute approximate surface area is 204 Å². The first-order valence-corrected chi connectivity index (χ1v) is 11.3. The summed E-state index contributed by atoms with van der Waals surface area (Å²) in [5.74, 6) is 1.05. The number of amides is 2. The number of aryl methyl sites for hydroxylation is 1. The van der Waals surface area contributed by atoms with Gasteiger partial charge in [-0.2, -0.15) is 5.21 Å². The number of ether oxygens (including phenoxy) is 2. The van der Waals surface area contributed by atoms with Crippen LogP contribution >= 0.6 is 0 Å². The second-order valence-corrected chi connectivity index (χ2v) is 8.37. The average molecular weight is 484 g/mol. The van der Waals surface area contributed by atoms with Gasteiger partial charge < -0.3 is 20.1 Å². The highest BCUT2D eigenvalue weighted by Gasteiger charge is 2.26. The number of H-pyrrole nitrogens is 1. The first-order valence-electron chi connectivity index (χ1n) is 11.3. The molecule has 2 aromatic heterocycles. The molecule has 1 atom stereocenters. The van der Waals surface area contributed by atoms with Crippen LogP contribution in [0.3, 0.4) is 0 Å². The number of nitrogens with zero attached hydrogens (tertiary/aromatic N) is 5. The smallest absolute Gasteiger partial charge is 0.270 e. The summed E-state index contributed by atoms with van der Waals surface area (Å²) in [6.07, 6.45) is 2.78. The molecule has 3 heterocycles. The molecule has 12 nitrogen and oxygen atoms in total. The summed E-state index contributed by atoms with van der Waals surface area (Å²) >= 11 is 0. The Kier molecular flexibility index (Phi) is 5.45. The van der Waals surface area contributed by atoms with Crippen molar-refractivity contribution in [3.05, 3.63) is 76.9 Å². The summed E-state index contributed by atoms with van der Waals surface area (Å²) in [7, 11) is 0. The van der Waals surface area contributed by atoms with E-state index in [4.69, 9.17) is 9.47 Å². The SMILES string of the molecule is O=C(NCc1ccc2c(c1)OCO2)c1cc(C(=O)N[C@@H]2CCc3cc(-c4nn[nH]n4)ccc32)ncn1. The van der Waals surface area contributed by atoms with Gasteiger partial charge in [-0.15, -0.1) is 10.2 Å². The monoisotopic (exact) mass is 484 g/mol. The van der Waals surface area contributed by atoms with Crippen LogP contribution in [0.2, 0.25) is 0 Å². The molecule has 0 radical (unpaired) electrons. The van der Waals surface area contributed by atoms with Crippen LogP contribution in [0.5, 0.6) is 11.5 Å². The zero-order valence-electron chi connectivity index (χ0n) is 18.9. The van der Waals surface area contributed by atoms with Gasteiger partial charge in [0.05, 0.1) is 6.04 Å². The quantitative estimate of drug-likeness (QED) is 0.371.